The lowest BCUT2D eigenvalue weighted by molar-refractivity contribution is -0.157. The Kier molecular flexibility index (Phi) is 12.5. The van der Waals surface area contributed by atoms with Gasteiger partial charge in [0.25, 0.3) is 0 Å². The summed E-state index contributed by atoms with van der Waals surface area (Å²) in [5.74, 6) is -2.31. The summed E-state index contributed by atoms with van der Waals surface area (Å²) in [5, 5.41) is 10.0. The van der Waals surface area contributed by atoms with E-state index in [4.69, 9.17) is 11.6 Å². The van der Waals surface area contributed by atoms with Gasteiger partial charge in [-0.2, -0.15) is 0 Å². The zero-order valence-corrected chi connectivity index (χ0v) is 21.3. The lowest BCUT2D eigenvalue weighted by atomic mass is 9.99. The Morgan fingerprint density at radius 2 is 1.71 bits per heavy atom. The first kappa shape index (κ1) is 27.7. The van der Waals surface area contributed by atoms with E-state index in [2.05, 4.69) is 19.1 Å². The molecular formula is C29H38ClNO3. The summed E-state index contributed by atoms with van der Waals surface area (Å²) >= 11 is 6.07. The van der Waals surface area contributed by atoms with Gasteiger partial charge in [0, 0.05) is 11.6 Å². The highest BCUT2D eigenvalue weighted by Gasteiger charge is 2.28. The number of carboxylic acid groups (broad SMARTS) is 1. The molecule has 1 unspecified atom stereocenters. The number of nitrogens with zero attached hydrogens (tertiary/aromatic N) is 1. The maximum absolute atomic E-state index is 12.5. The van der Waals surface area contributed by atoms with Crippen molar-refractivity contribution in [1.29, 1.82) is 0 Å². The van der Waals surface area contributed by atoms with Crippen LogP contribution in [0.1, 0.15) is 87.9 Å². The van der Waals surface area contributed by atoms with Gasteiger partial charge >= 0.3 is 11.9 Å². The molecule has 1 N–H and O–H groups in total. The van der Waals surface area contributed by atoms with Gasteiger partial charge in [-0.25, -0.2) is 4.79 Å². The van der Waals surface area contributed by atoms with Crippen molar-refractivity contribution in [2.75, 3.05) is 6.54 Å². The predicted octanol–water partition coefficient (Wildman–Crippen LogP) is 7.71. The third-order valence-electron chi connectivity index (χ3n) is 6.09. The van der Waals surface area contributed by atoms with Crippen molar-refractivity contribution in [3.05, 3.63) is 76.3 Å². The zero-order chi connectivity index (χ0) is 24.8. The molecule has 2 aromatic rings. The van der Waals surface area contributed by atoms with E-state index in [1.165, 1.54) is 43.4 Å². The Morgan fingerprint density at radius 3 is 2.35 bits per heavy atom. The number of unbranched alkanes of at least 4 members (excludes halogenated alkanes) is 6. The van der Waals surface area contributed by atoms with Crippen LogP contribution in [0.5, 0.6) is 0 Å². The molecule has 0 aliphatic heterocycles. The van der Waals surface area contributed by atoms with Crippen LogP contribution in [0.4, 0.5) is 0 Å². The van der Waals surface area contributed by atoms with E-state index in [1.54, 1.807) is 6.07 Å². The molecule has 184 valence electrons. The second-order valence-electron chi connectivity index (χ2n) is 8.73. The highest BCUT2D eigenvalue weighted by atomic mass is 35.5. The number of benzene rings is 2. The average molecular weight is 484 g/mol. The number of hydrogen-bond acceptors (Lipinski definition) is 2. The topological polar surface area (TPSA) is 57.6 Å². The van der Waals surface area contributed by atoms with Gasteiger partial charge in [-0.3, -0.25) is 4.79 Å². The molecule has 34 heavy (non-hydrogen) atoms. The molecule has 0 fully saturated rings. The fraction of sp³-hybridized carbons (Fsp3) is 0.448. The number of allylic oxidation sites excluding steroid dienone is 1. The molecule has 0 radical (unpaired) electrons. The van der Waals surface area contributed by atoms with Gasteiger partial charge in [-0.1, -0.05) is 106 Å². The normalized spacial score (nSPS) is 12.1. The first-order valence-corrected chi connectivity index (χ1v) is 12.9. The van der Waals surface area contributed by atoms with Gasteiger partial charge in [0.2, 0.25) is 0 Å². The summed E-state index contributed by atoms with van der Waals surface area (Å²) in [6.45, 7) is 4.52. The van der Waals surface area contributed by atoms with Gasteiger partial charge in [-0.15, -0.1) is 0 Å². The fourth-order valence-electron chi connectivity index (χ4n) is 4.19. The van der Waals surface area contributed by atoms with Crippen molar-refractivity contribution in [2.45, 2.75) is 77.7 Å². The Balaban J connectivity index is 2.01. The molecule has 0 aliphatic rings. The lowest BCUT2D eigenvalue weighted by Gasteiger charge is -2.30. The van der Waals surface area contributed by atoms with Crippen LogP contribution in [-0.2, 0) is 16.0 Å². The van der Waals surface area contributed by atoms with E-state index in [1.807, 2.05) is 49.4 Å². The lowest BCUT2D eigenvalue weighted by Crippen LogP contribution is -2.40. The molecule has 0 saturated heterocycles. The third-order valence-corrected chi connectivity index (χ3v) is 6.33. The maximum atomic E-state index is 12.5. The standard InChI is InChI=1S/C29H38ClNO3/c1-3-5-6-7-8-9-10-11-13-23-16-18-25(19-17-23)27(4-2)31(28(32)29(33)34)21-20-24-14-12-15-26(30)22-24/h11-19,22,27H,3-10,20-21H2,1-2H3,(H,33,34). The molecule has 0 bridgehead atoms. The summed E-state index contributed by atoms with van der Waals surface area (Å²) in [6.07, 6.45) is 14.4. The number of amides is 1. The number of carbonyl (C=O) groups is 2. The fourth-order valence-corrected chi connectivity index (χ4v) is 4.40. The monoisotopic (exact) mass is 483 g/mol. The van der Waals surface area contributed by atoms with Crippen LogP contribution in [-0.4, -0.2) is 28.4 Å². The second kappa shape index (κ2) is 15.3. The minimum atomic E-state index is -1.43. The zero-order valence-electron chi connectivity index (χ0n) is 20.5. The summed E-state index contributed by atoms with van der Waals surface area (Å²) in [6, 6.07) is 15.2. The number of carboxylic acids is 1. The van der Waals surface area contributed by atoms with Crippen LogP contribution in [0.3, 0.4) is 0 Å². The molecule has 4 nitrogen and oxygen atoms in total. The van der Waals surface area contributed by atoms with Crippen molar-refractivity contribution in [3.63, 3.8) is 0 Å². The maximum Gasteiger partial charge on any atom is 0.394 e. The minimum absolute atomic E-state index is 0.302. The van der Waals surface area contributed by atoms with E-state index < -0.39 is 11.9 Å². The summed E-state index contributed by atoms with van der Waals surface area (Å²) in [5.41, 5.74) is 3.02. The number of carbonyl (C=O) groups excluding carboxylic acids is 1. The van der Waals surface area contributed by atoms with Crippen molar-refractivity contribution < 1.29 is 14.7 Å². The Bertz CT molecular complexity index is 923. The molecule has 0 heterocycles. The predicted molar refractivity (Wildman–Crippen MR) is 141 cm³/mol. The summed E-state index contributed by atoms with van der Waals surface area (Å²) in [4.78, 5) is 25.5. The first-order chi connectivity index (χ1) is 16.5. The van der Waals surface area contributed by atoms with Crippen molar-refractivity contribution in [2.24, 2.45) is 0 Å². The van der Waals surface area contributed by atoms with E-state index in [-0.39, 0.29) is 6.04 Å². The molecule has 1 atom stereocenters. The van der Waals surface area contributed by atoms with Crippen molar-refractivity contribution in [1.82, 2.24) is 4.90 Å². The number of halogens is 1. The molecular weight excluding hydrogens is 446 g/mol. The molecule has 5 heteroatoms. The Hall–Kier alpha value is -2.59. The molecule has 0 aromatic heterocycles. The number of hydrogen-bond donors (Lipinski definition) is 1. The smallest absolute Gasteiger partial charge is 0.394 e. The van der Waals surface area contributed by atoms with Gasteiger partial charge < -0.3 is 10.0 Å². The second-order valence-corrected chi connectivity index (χ2v) is 9.17. The summed E-state index contributed by atoms with van der Waals surface area (Å²) < 4.78 is 0. The SMILES string of the molecule is CCCCCCCCC=Cc1ccc(C(CC)N(CCc2cccc(Cl)c2)C(=O)C(=O)O)cc1. The molecule has 2 aromatic carbocycles. The average Bonchev–Trinajstić information content (AvgIpc) is 2.83. The molecule has 0 spiro atoms. The van der Waals surface area contributed by atoms with E-state index in [9.17, 15) is 14.7 Å². The van der Waals surface area contributed by atoms with E-state index in [0.29, 0.717) is 24.4 Å². The highest BCUT2D eigenvalue weighted by Crippen LogP contribution is 2.26. The number of aliphatic carboxylic acids is 1. The first-order valence-electron chi connectivity index (χ1n) is 12.5. The van der Waals surface area contributed by atoms with Crippen LogP contribution < -0.4 is 0 Å². The van der Waals surface area contributed by atoms with Gasteiger partial charge in [0.15, 0.2) is 0 Å². The van der Waals surface area contributed by atoms with Crippen LogP contribution in [0.2, 0.25) is 5.02 Å². The largest absolute Gasteiger partial charge is 0.474 e. The van der Waals surface area contributed by atoms with Crippen LogP contribution >= 0.6 is 11.6 Å². The Labute approximate surface area is 209 Å². The van der Waals surface area contributed by atoms with Gasteiger partial charge in [0.05, 0.1) is 6.04 Å². The molecule has 2 rings (SSSR count). The summed E-state index contributed by atoms with van der Waals surface area (Å²) in [7, 11) is 0. The Morgan fingerprint density at radius 1 is 1.00 bits per heavy atom. The quantitative estimate of drug-likeness (QED) is 0.221. The van der Waals surface area contributed by atoms with Crippen molar-refractivity contribution >= 4 is 29.6 Å². The number of rotatable bonds is 14. The van der Waals surface area contributed by atoms with Crippen LogP contribution in [0.15, 0.2) is 54.6 Å². The highest BCUT2D eigenvalue weighted by molar-refractivity contribution is 6.31. The molecule has 0 saturated carbocycles. The minimum Gasteiger partial charge on any atom is -0.474 e. The van der Waals surface area contributed by atoms with Gasteiger partial charge in [-0.05, 0) is 54.5 Å². The van der Waals surface area contributed by atoms with E-state index in [0.717, 1.165) is 23.1 Å². The van der Waals surface area contributed by atoms with Crippen molar-refractivity contribution in [3.8, 4) is 0 Å². The molecule has 0 aliphatic carbocycles. The van der Waals surface area contributed by atoms with Crippen LogP contribution in [0.25, 0.3) is 6.08 Å². The van der Waals surface area contributed by atoms with Crippen LogP contribution in [0, 0.1) is 0 Å². The van der Waals surface area contributed by atoms with E-state index >= 15 is 0 Å². The third kappa shape index (κ3) is 9.34. The molecule has 1 amide bonds. The van der Waals surface area contributed by atoms with Gasteiger partial charge in [0.1, 0.15) is 0 Å².